The first kappa shape index (κ1) is 20.4. The van der Waals surface area contributed by atoms with Crippen LogP contribution in [0, 0.1) is 0 Å². The molecule has 0 aromatic heterocycles. The van der Waals surface area contributed by atoms with Crippen LogP contribution in [0.25, 0.3) is 0 Å². The predicted molar refractivity (Wildman–Crippen MR) is 80.3 cm³/mol. The zero-order valence-electron chi connectivity index (χ0n) is 13.3. The Balaban J connectivity index is 4.09. The number of carbonyl (C=O) groups is 2. The molecule has 0 heterocycles. The molecule has 0 bridgehead atoms. The van der Waals surface area contributed by atoms with Gasteiger partial charge in [0, 0.05) is 16.7 Å². The fourth-order valence-electron chi connectivity index (χ4n) is 1.20. The van der Waals surface area contributed by atoms with Gasteiger partial charge in [0.2, 0.25) is 0 Å². The van der Waals surface area contributed by atoms with Crippen LogP contribution in [-0.2, 0) is 32.7 Å². The van der Waals surface area contributed by atoms with E-state index >= 15 is 0 Å². The second kappa shape index (κ2) is 12.0. The fourth-order valence-corrected chi connectivity index (χ4v) is 1.89. The molecule has 0 rings (SSSR count). The van der Waals surface area contributed by atoms with Gasteiger partial charge in [-0.05, 0) is 38.8 Å². The molecule has 0 saturated carbocycles. The first-order chi connectivity index (χ1) is 10.4. The van der Waals surface area contributed by atoms with Gasteiger partial charge >= 0.3 is 20.2 Å². The van der Waals surface area contributed by atoms with E-state index in [4.69, 9.17) is 18.5 Å². The normalized spacial score (nSPS) is 12.8. The van der Waals surface area contributed by atoms with Crippen molar-refractivity contribution in [1.29, 1.82) is 0 Å². The van der Waals surface area contributed by atoms with Crippen molar-refractivity contribution in [2.75, 3.05) is 26.4 Å². The summed E-state index contributed by atoms with van der Waals surface area (Å²) in [5, 5.41) is 0. The summed E-state index contributed by atoms with van der Waals surface area (Å²) in [5.74, 6) is -0.957. The lowest BCUT2D eigenvalue weighted by Gasteiger charge is -1.98. The average Bonchev–Trinajstić information content (AvgIpc) is 2.43. The summed E-state index contributed by atoms with van der Waals surface area (Å²) in [5.41, 5.74) is 1.12. The summed E-state index contributed by atoms with van der Waals surface area (Å²) in [4.78, 5) is 22.3. The molecule has 124 valence electrons. The van der Waals surface area contributed by atoms with Crippen LogP contribution in [0.5, 0.6) is 0 Å². The van der Waals surface area contributed by atoms with Gasteiger partial charge in [-0.15, -0.1) is 9.05 Å². The Labute approximate surface area is 131 Å². The number of ether oxygens (including phenoxy) is 2. The molecule has 0 aliphatic rings. The maximum atomic E-state index is 11.5. The molecule has 0 aromatic rings. The Bertz CT molecular complexity index is 414. The minimum Gasteiger partial charge on any atom is -0.463 e. The molecule has 0 spiro atoms. The minimum atomic E-state index is -2.35. The lowest BCUT2D eigenvalue weighted by Crippen LogP contribution is -2.03. The third-order valence-electron chi connectivity index (χ3n) is 2.10. The van der Waals surface area contributed by atoms with Crippen molar-refractivity contribution >= 4 is 20.2 Å². The lowest BCUT2D eigenvalue weighted by atomic mass is 10.3. The van der Waals surface area contributed by atoms with Crippen molar-refractivity contribution in [1.82, 2.24) is 0 Å². The Morgan fingerprint density at radius 2 is 1.23 bits per heavy atom. The van der Waals surface area contributed by atoms with E-state index in [2.05, 4.69) is 0 Å². The molecule has 0 unspecified atom stereocenters. The summed E-state index contributed by atoms with van der Waals surface area (Å²) in [6.07, 6.45) is 2.52. The van der Waals surface area contributed by atoms with Gasteiger partial charge in [0.15, 0.2) is 0 Å². The molecule has 22 heavy (non-hydrogen) atoms. The molecule has 0 radical (unpaired) electrons. The van der Waals surface area contributed by atoms with Crippen molar-refractivity contribution < 1.29 is 32.7 Å². The van der Waals surface area contributed by atoms with Crippen LogP contribution in [0.1, 0.15) is 27.7 Å². The van der Waals surface area contributed by atoms with E-state index < -0.39 is 20.2 Å². The second-order valence-corrected chi connectivity index (χ2v) is 5.22. The van der Waals surface area contributed by atoms with Gasteiger partial charge in [-0.3, -0.25) is 0 Å². The van der Waals surface area contributed by atoms with E-state index in [0.29, 0.717) is 11.1 Å². The summed E-state index contributed by atoms with van der Waals surface area (Å²) >= 11 is 0. The zero-order valence-corrected chi connectivity index (χ0v) is 14.2. The first-order valence-corrected chi connectivity index (χ1v) is 7.89. The molecule has 0 amide bonds. The van der Waals surface area contributed by atoms with Crippen LogP contribution < -0.4 is 0 Å². The summed E-state index contributed by atoms with van der Waals surface area (Å²) in [6.45, 7) is 7.23. The molecule has 0 N–H and O–H groups in total. The van der Waals surface area contributed by atoms with Crippen LogP contribution in [0.4, 0.5) is 0 Å². The van der Waals surface area contributed by atoms with Gasteiger partial charge < -0.3 is 9.47 Å². The number of esters is 2. The number of hydrogen-bond donors (Lipinski definition) is 0. The van der Waals surface area contributed by atoms with Crippen molar-refractivity contribution in [3.8, 4) is 0 Å². The third-order valence-corrected chi connectivity index (χ3v) is 2.78. The van der Waals surface area contributed by atoms with E-state index in [9.17, 15) is 14.2 Å². The van der Waals surface area contributed by atoms with E-state index in [1.54, 1.807) is 27.7 Å². The van der Waals surface area contributed by atoms with Gasteiger partial charge in [-0.1, -0.05) is 0 Å². The molecule has 0 aromatic carbocycles. The van der Waals surface area contributed by atoms with Crippen LogP contribution in [0.2, 0.25) is 0 Å². The molecule has 8 heteroatoms. The van der Waals surface area contributed by atoms with Crippen LogP contribution in [-0.4, -0.2) is 38.4 Å². The topological polar surface area (TPSA) is 88.1 Å². The highest BCUT2D eigenvalue weighted by Crippen LogP contribution is 2.25. The van der Waals surface area contributed by atoms with Crippen molar-refractivity contribution in [2.45, 2.75) is 27.7 Å². The molecule has 7 nitrogen and oxygen atoms in total. The third kappa shape index (κ3) is 11.1. The van der Waals surface area contributed by atoms with Gasteiger partial charge in [-0.25, -0.2) is 9.59 Å². The predicted octanol–water partition coefficient (Wildman–Crippen LogP) is 2.70. The standard InChI is InChI=1S/C14H22O7P/c1-5-18-13(15)7-11(3)9-20-22(17)21-10-12(4)8-14(16)19-6-2/h7-8H,5-6,9-10H2,1-4H3/q+1/b11-7+,12-8+. The van der Waals surface area contributed by atoms with Crippen molar-refractivity contribution in [2.24, 2.45) is 0 Å². The Kier molecular flexibility index (Phi) is 11.2. The summed E-state index contributed by atoms with van der Waals surface area (Å²) < 4.78 is 30.9. The number of carbonyl (C=O) groups excluding carboxylic acids is 2. The van der Waals surface area contributed by atoms with Crippen LogP contribution >= 0.6 is 8.25 Å². The van der Waals surface area contributed by atoms with Crippen molar-refractivity contribution in [3.63, 3.8) is 0 Å². The minimum absolute atomic E-state index is 0.0192. The maximum absolute atomic E-state index is 11.5. The molecular weight excluding hydrogens is 311 g/mol. The Morgan fingerprint density at radius 1 is 0.864 bits per heavy atom. The fraction of sp³-hybridized carbons (Fsp3) is 0.571. The van der Waals surface area contributed by atoms with E-state index in [-0.39, 0.29) is 26.4 Å². The monoisotopic (exact) mass is 333 g/mol. The lowest BCUT2D eigenvalue weighted by molar-refractivity contribution is -0.138. The molecule has 0 atom stereocenters. The smallest absolute Gasteiger partial charge is 0.463 e. The molecule has 0 aliphatic heterocycles. The quantitative estimate of drug-likeness (QED) is 0.345. The molecule has 0 fully saturated rings. The molecule has 0 saturated heterocycles. The summed E-state index contributed by atoms with van der Waals surface area (Å²) in [7, 11) is -2.35. The molecule has 0 aliphatic carbocycles. The van der Waals surface area contributed by atoms with Gasteiger partial charge in [0.05, 0.1) is 13.2 Å². The first-order valence-electron chi connectivity index (χ1n) is 6.79. The second-order valence-electron chi connectivity index (χ2n) is 4.26. The SMILES string of the molecule is CCOC(=O)/C=C(\C)CO[P+](=O)OC/C(C)=C/C(=O)OCC. The van der Waals surface area contributed by atoms with Crippen LogP contribution in [0.15, 0.2) is 23.3 Å². The Morgan fingerprint density at radius 3 is 1.55 bits per heavy atom. The number of rotatable bonds is 10. The summed E-state index contributed by atoms with van der Waals surface area (Å²) in [6, 6.07) is 0. The van der Waals surface area contributed by atoms with Crippen molar-refractivity contribution in [3.05, 3.63) is 23.3 Å². The van der Waals surface area contributed by atoms with Crippen LogP contribution in [0.3, 0.4) is 0 Å². The average molecular weight is 333 g/mol. The zero-order chi connectivity index (χ0) is 17.0. The Hall–Kier alpha value is -1.56. The van der Waals surface area contributed by atoms with Gasteiger partial charge in [0.25, 0.3) is 0 Å². The van der Waals surface area contributed by atoms with E-state index in [1.165, 1.54) is 12.2 Å². The maximum Gasteiger partial charge on any atom is 0.698 e. The van der Waals surface area contributed by atoms with E-state index in [0.717, 1.165) is 0 Å². The molecular formula is C14H22O7P+. The highest BCUT2D eigenvalue weighted by Gasteiger charge is 2.20. The number of hydrogen-bond acceptors (Lipinski definition) is 7. The van der Waals surface area contributed by atoms with E-state index in [1.807, 2.05) is 0 Å². The largest absolute Gasteiger partial charge is 0.698 e. The van der Waals surface area contributed by atoms with Gasteiger partial charge in [0.1, 0.15) is 13.2 Å². The van der Waals surface area contributed by atoms with Gasteiger partial charge in [-0.2, -0.15) is 0 Å². The highest BCUT2D eigenvalue weighted by atomic mass is 31.1. The highest BCUT2D eigenvalue weighted by molar-refractivity contribution is 7.33.